The average molecular weight is 328 g/mol. The van der Waals surface area contributed by atoms with Gasteiger partial charge in [-0.3, -0.25) is 0 Å². The van der Waals surface area contributed by atoms with Crippen molar-refractivity contribution in [2.24, 2.45) is 0 Å². The molecule has 2 aromatic carbocycles. The molecule has 1 N–H and O–H groups in total. The van der Waals surface area contributed by atoms with Crippen molar-refractivity contribution in [2.45, 2.75) is 13.0 Å². The molecule has 0 spiro atoms. The lowest BCUT2D eigenvalue weighted by Gasteiger charge is -2.20. The summed E-state index contributed by atoms with van der Waals surface area (Å²) in [6.07, 6.45) is 0.00995. The number of hydrogen-bond donors (Lipinski definition) is 1. The number of likely N-dealkylation sites (N-methyl/N-ethyl adjacent to an activating group) is 1. The molecule has 2 rings (SSSR count). The van der Waals surface area contributed by atoms with Gasteiger partial charge >= 0.3 is 0 Å². The molecular formula is C17H23Cl2NO. The Bertz CT molecular complexity index is 505. The Morgan fingerprint density at radius 3 is 2.19 bits per heavy atom. The maximum absolute atomic E-state index is 6.07. The van der Waals surface area contributed by atoms with E-state index in [0.717, 1.165) is 6.54 Å². The second kappa shape index (κ2) is 10.6. The van der Waals surface area contributed by atoms with Crippen LogP contribution in [0.3, 0.4) is 0 Å². The van der Waals surface area contributed by atoms with Crippen molar-refractivity contribution in [3.8, 4) is 0 Å². The van der Waals surface area contributed by atoms with Gasteiger partial charge in [0.1, 0.15) is 6.10 Å². The average Bonchev–Trinajstić information content (AvgIpc) is 2.46. The number of rotatable bonds is 6. The lowest BCUT2D eigenvalue weighted by atomic mass is 9.97. The molecule has 0 aliphatic carbocycles. The van der Waals surface area contributed by atoms with E-state index in [2.05, 4.69) is 60.8 Å². The Kier molecular flexibility index (Phi) is 10.1. The highest BCUT2D eigenvalue weighted by atomic mass is 35.5. The first-order valence-corrected chi connectivity index (χ1v) is 6.69. The number of nitrogens with one attached hydrogen (secondary N) is 1. The topological polar surface area (TPSA) is 21.3 Å². The predicted molar refractivity (Wildman–Crippen MR) is 93.8 cm³/mol. The van der Waals surface area contributed by atoms with E-state index < -0.39 is 0 Å². The zero-order valence-corrected chi connectivity index (χ0v) is 14.0. The van der Waals surface area contributed by atoms with Gasteiger partial charge in [-0.25, -0.2) is 0 Å². The highest BCUT2D eigenvalue weighted by Gasteiger charge is 2.15. The van der Waals surface area contributed by atoms with Gasteiger partial charge in [0.05, 0.1) is 6.61 Å². The van der Waals surface area contributed by atoms with E-state index >= 15 is 0 Å². The highest BCUT2D eigenvalue weighted by molar-refractivity contribution is 5.85. The standard InChI is InChI=1S/C17H21NO.2ClH/c1-14-8-6-7-11-16(14)17(19-13-12-18-2)15-9-4-3-5-10-15;;/h3-11,17-18H,12-13H2,1-2H3;2*1H. The molecule has 0 saturated heterocycles. The SMILES string of the molecule is CNCCOC(c1ccccc1)c1ccccc1C.Cl.Cl. The van der Waals surface area contributed by atoms with Gasteiger partial charge in [-0.1, -0.05) is 54.6 Å². The minimum Gasteiger partial charge on any atom is -0.367 e. The number of halogens is 2. The van der Waals surface area contributed by atoms with E-state index in [-0.39, 0.29) is 30.9 Å². The summed E-state index contributed by atoms with van der Waals surface area (Å²) in [7, 11) is 1.94. The predicted octanol–water partition coefficient (Wildman–Crippen LogP) is 4.16. The molecule has 4 heteroatoms. The molecule has 21 heavy (non-hydrogen) atoms. The van der Waals surface area contributed by atoms with Crippen LogP contribution in [0.4, 0.5) is 0 Å². The van der Waals surface area contributed by atoms with Crippen molar-refractivity contribution in [3.05, 3.63) is 71.3 Å². The van der Waals surface area contributed by atoms with Crippen LogP contribution in [-0.4, -0.2) is 20.2 Å². The van der Waals surface area contributed by atoms with E-state index in [0.29, 0.717) is 6.61 Å². The number of ether oxygens (including phenoxy) is 1. The molecule has 2 aromatic rings. The van der Waals surface area contributed by atoms with Crippen LogP contribution < -0.4 is 5.32 Å². The van der Waals surface area contributed by atoms with Gasteiger partial charge in [-0.05, 0) is 30.7 Å². The second-order valence-corrected chi connectivity index (χ2v) is 4.62. The van der Waals surface area contributed by atoms with Gasteiger partial charge < -0.3 is 10.1 Å². The first kappa shape index (κ1) is 19.9. The number of aryl methyl sites for hydroxylation is 1. The van der Waals surface area contributed by atoms with E-state index in [1.54, 1.807) is 0 Å². The lowest BCUT2D eigenvalue weighted by molar-refractivity contribution is 0.0827. The summed E-state index contributed by atoms with van der Waals surface area (Å²) in [6.45, 7) is 3.69. The smallest absolute Gasteiger partial charge is 0.108 e. The molecule has 2 nitrogen and oxygen atoms in total. The van der Waals surface area contributed by atoms with Crippen molar-refractivity contribution in [1.82, 2.24) is 5.32 Å². The van der Waals surface area contributed by atoms with Crippen LogP contribution >= 0.6 is 24.8 Å². The third-order valence-corrected chi connectivity index (χ3v) is 3.21. The van der Waals surface area contributed by atoms with Crippen LogP contribution in [0, 0.1) is 6.92 Å². The van der Waals surface area contributed by atoms with Gasteiger partial charge in [0.2, 0.25) is 0 Å². The van der Waals surface area contributed by atoms with Crippen LogP contribution in [0.25, 0.3) is 0 Å². The quantitative estimate of drug-likeness (QED) is 0.804. The second-order valence-electron chi connectivity index (χ2n) is 4.62. The molecule has 1 unspecified atom stereocenters. The third-order valence-electron chi connectivity index (χ3n) is 3.21. The summed E-state index contributed by atoms with van der Waals surface area (Å²) in [6, 6.07) is 18.8. The van der Waals surface area contributed by atoms with Crippen LogP contribution in [0.5, 0.6) is 0 Å². The van der Waals surface area contributed by atoms with E-state index in [1.807, 2.05) is 13.1 Å². The molecule has 0 heterocycles. The molecule has 0 bridgehead atoms. The fourth-order valence-electron chi connectivity index (χ4n) is 2.15. The Labute approximate surface area is 139 Å². The van der Waals surface area contributed by atoms with Gasteiger partial charge in [-0.15, -0.1) is 24.8 Å². The third kappa shape index (κ3) is 5.68. The number of hydrogen-bond acceptors (Lipinski definition) is 2. The molecular weight excluding hydrogens is 305 g/mol. The molecule has 0 aliphatic heterocycles. The molecule has 0 amide bonds. The van der Waals surface area contributed by atoms with Crippen LogP contribution in [0.1, 0.15) is 22.8 Å². The van der Waals surface area contributed by atoms with Gasteiger partial charge in [-0.2, -0.15) is 0 Å². The van der Waals surface area contributed by atoms with Crippen LogP contribution in [-0.2, 0) is 4.74 Å². The number of benzene rings is 2. The zero-order chi connectivity index (χ0) is 13.5. The van der Waals surface area contributed by atoms with Crippen LogP contribution in [0.15, 0.2) is 54.6 Å². The lowest BCUT2D eigenvalue weighted by Crippen LogP contribution is -2.17. The van der Waals surface area contributed by atoms with E-state index in [4.69, 9.17) is 4.74 Å². The Balaban J connectivity index is 0.00000200. The first-order chi connectivity index (χ1) is 9.33. The van der Waals surface area contributed by atoms with Crippen molar-refractivity contribution in [2.75, 3.05) is 20.2 Å². The summed E-state index contributed by atoms with van der Waals surface area (Å²) in [5.74, 6) is 0. The summed E-state index contributed by atoms with van der Waals surface area (Å²) in [5, 5.41) is 3.12. The molecule has 116 valence electrons. The zero-order valence-electron chi connectivity index (χ0n) is 12.4. The Hall–Kier alpha value is -1.06. The van der Waals surface area contributed by atoms with Gasteiger partial charge in [0.15, 0.2) is 0 Å². The van der Waals surface area contributed by atoms with Crippen LogP contribution in [0.2, 0.25) is 0 Å². The Morgan fingerprint density at radius 2 is 1.57 bits per heavy atom. The molecule has 0 radical (unpaired) electrons. The first-order valence-electron chi connectivity index (χ1n) is 6.69. The summed E-state index contributed by atoms with van der Waals surface area (Å²) < 4.78 is 6.07. The van der Waals surface area contributed by atoms with Gasteiger partial charge in [0.25, 0.3) is 0 Å². The molecule has 1 atom stereocenters. The summed E-state index contributed by atoms with van der Waals surface area (Å²) in [4.78, 5) is 0. The fourth-order valence-corrected chi connectivity index (χ4v) is 2.15. The van der Waals surface area contributed by atoms with Crippen molar-refractivity contribution < 1.29 is 4.74 Å². The monoisotopic (exact) mass is 327 g/mol. The Morgan fingerprint density at radius 1 is 0.952 bits per heavy atom. The maximum Gasteiger partial charge on any atom is 0.108 e. The highest BCUT2D eigenvalue weighted by Crippen LogP contribution is 2.28. The summed E-state index contributed by atoms with van der Waals surface area (Å²) >= 11 is 0. The minimum absolute atomic E-state index is 0. The minimum atomic E-state index is 0. The normalized spacial score (nSPS) is 11.1. The van der Waals surface area contributed by atoms with E-state index in [1.165, 1.54) is 16.7 Å². The largest absolute Gasteiger partial charge is 0.367 e. The maximum atomic E-state index is 6.07. The summed E-state index contributed by atoms with van der Waals surface area (Å²) in [5.41, 5.74) is 3.71. The molecule has 0 aliphatic rings. The molecule has 0 fully saturated rings. The van der Waals surface area contributed by atoms with E-state index in [9.17, 15) is 0 Å². The molecule has 0 saturated carbocycles. The molecule has 0 aromatic heterocycles. The van der Waals surface area contributed by atoms with Crippen molar-refractivity contribution >= 4 is 24.8 Å². The van der Waals surface area contributed by atoms with Crippen molar-refractivity contribution in [3.63, 3.8) is 0 Å². The van der Waals surface area contributed by atoms with Crippen molar-refractivity contribution in [1.29, 1.82) is 0 Å². The fraction of sp³-hybridized carbons (Fsp3) is 0.294. The van der Waals surface area contributed by atoms with Gasteiger partial charge in [0, 0.05) is 6.54 Å².